The lowest BCUT2D eigenvalue weighted by Gasteiger charge is -2.14. The minimum atomic E-state index is 0. The third-order valence-electron chi connectivity index (χ3n) is 3.62. The van der Waals surface area contributed by atoms with E-state index >= 15 is 0 Å². The van der Waals surface area contributed by atoms with Crippen molar-refractivity contribution in [3.63, 3.8) is 0 Å². The van der Waals surface area contributed by atoms with Crippen LogP contribution in [0.3, 0.4) is 0 Å². The summed E-state index contributed by atoms with van der Waals surface area (Å²) < 4.78 is 0. The van der Waals surface area contributed by atoms with Crippen LogP contribution in [-0.2, 0) is 0 Å². The van der Waals surface area contributed by atoms with Crippen LogP contribution >= 0.6 is 35.7 Å². The summed E-state index contributed by atoms with van der Waals surface area (Å²) in [5.41, 5.74) is 1.62. The standard InChI is InChI=1S/C14H25N3S.HI/c1-15-14(17-11-13-7-4-10-18-13)16-9-8-12-5-2-3-6-12;/h5,13H,2-4,6-11H2,1H3,(H2,15,16,17);1H. The number of rotatable bonds is 5. The van der Waals surface area contributed by atoms with Crippen molar-refractivity contribution < 1.29 is 0 Å². The molecule has 1 atom stereocenters. The normalized spacial score (nSPS) is 22.9. The van der Waals surface area contributed by atoms with Gasteiger partial charge in [0.1, 0.15) is 0 Å². The van der Waals surface area contributed by atoms with E-state index in [9.17, 15) is 0 Å². The van der Waals surface area contributed by atoms with Crippen molar-refractivity contribution in [2.75, 3.05) is 25.9 Å². The number of nitrogens with one attached hydrogen (secondary N) is 2. The Bertz CT molecular complexity index is 312. The fourth-order valence-corrected chi connectivity index (χ4v) is 3.74. The summed E-state index contributed by atoms with van der Waals surface area (Å²) in [5.74, 6) is 2.29. The van der Waals surface area contributed by atoms with Crippen LogP contribution in [0.2, 0.25) is 0 Å². The Balaban J connectivity index is 0.00000180. The molecule has 3 nitrogen and oxygen atoms in total. The van der Waals surface area contributed by atoms with Crippen molar-refractivity contribution in [2.24, 2.45) is 4.99 Å². The molecule has 2 rings (SSSR count). The molecule has 2 aliphatic rings. The van der Waals surface area contributed by atoms with Crippen LogP contribution in [0, 0.1) is 0 Å². The van der Waals surface area contributed by atoms with Crippen LogP contribution in [0.4, 0.5) is 0 Å². The average Bonchev–Trinajstić information content (AvgIpc) is 3.06. The summed E-state index contributed by atoms with van der Waals surface area (Å²) in [6.07, 6.45) is 10.2. The van der Waals surface area contributed by atoms with Gasteiger partial charge in [0, 0.05) is 25.4 Å². The fraction of sp³-hybridized carbons (Fsp3) is 0.786. The lowest BCUT2D eigenvalue weighted by atomic mass is 10.2. The molecule has 2 N–H and O–H groups in total. The first kappa shape index (κ1) is 17.1. The maximum absolute atomic E-state index is 4.28. The maximum atomic E-state index is 4.28. The van der Waals surface area contributed by atoms with Crippen molar-refractivity contribution in [3.8, 4) is 0 Å². The second kappa shape index (κ2) is 9.91. The Morgan fingerprint density at radius 2 is 2.32 bits per heavy atom. The summed E-state index contributed by atoms with van der Waals surface area (Å²) in [6, 6.07) is 0. The maximum Gasteiger partial charge on any atom is 0.191 e. The smallest absolute Gasteiger partial charge is 0.191 e. The zero-order valence-electron chi connectivity index (χ0n) is 11.8. The predicted octanol–water partition coefficient (Wildman–Crippen LogP) is 3.17. The van der Waals surface area contributed by atoms with Gasteiger partial charge in [0.15, 0.2) is 5.96 Å². The number of halogens is 1. The lowest BCUT2D eigenvalue weighted by molar-refractivity contribution is 0.721. The summed E-state index contributed by atoms with van der Waals surface area (Å²) in [4.78, 5) is 4.28. The molecule has 1 heterocycles. The van der Waals surface area contributed by atoms with Crippen LogP contribution in [0.1, 0.15) is 38.5 Å². The second-order valence-electron chi connectivity index (χ2n) is 5.02. The molecular weight excluding hydrogens is 369 g/mol. The van der Waals surface area contributed by atoms with E-state index in [2.05, 4.69) is 33.5 Å². The number of allylic oxidation sites excluding steroid dienone is 1. The van der Waals surface area contributed by atoms with E-state index < -0.39 is 0 Å². The van der Waals surface area contributed by atoms with Gasteiger partial charge in [0.25, 0.3) is 0 Å². The number of aliphatic imine (C=N–C) groups is 1. The summed E-state index contributed by atoms with van der Waals surface area (Å²) in [5, 5.41) is 7.62. The Kier molecular flexibility index (Phi) is 8.94. The van der Waals surface area contributed by atoms with E-state index in [0.717, 1.165) is 24.3 Å². The molecule has 0 aromatic carbocycles. The molecule has 1 saturated heterocycles. The zero-order chi connectivity index (χ0) is 12.6. The van der Waals surface area contributed by atoms with E-state index in [1.54, 1.807) is 5.57 Å². The molecule has 1 unspecified atom stereocenters. The highest BCUT2D eigenvalue weighted by molar-refractivity contribution is 14.0. The molecular formula is C14H26IN3S. The van der Waals surface area contributed by atoms with Crippen molar-refractivity contribution in [1.82, 2.24) is 10.6 Å². The Morgan fingerprint density at radius 3 is 2.95 bits per heavy atom. The monoisotopic (exact) mass is 395 g/mol. The van der Waals surface area contributed by atoms with Crippen molar-refractivity contribution in [2.45, 2.75) is 43.8 Å². The molecule has 0 bridgehead atoms. The van der Waals surface area contributed by atoms with Gasteiger partial charge in [-0.05, 0) is 44.3 Å². The quantitative estimate of drug-likeness (QED) is 0.325. The number of hydrogen-bond acceptors (Lipinski definition) is 2. The minimum Gasteiger partial charge on any atom is -0.356 e. The average molecular weight is 395 g/mol. The van der Waals surface area contributed by atoms with Gasteiger partial charge in [0.2, 0.25) is 0 Å². The third-order valence-corrected chi connectivity index (χ3v) is 5.02. The molecule has 1 fully saturated rings. The molecule has 0 aromatic rings. The highest BCUT2D eigenvalue weighted by Gasteiger charge is 2.15. The molecule has 1 aliphatic carbocycles. The molecule has 5 heteroatoms. The first-order valence-corrected chi connectivity index (χ1v) is 8.17. The molecule has 110 valence electrons. The topological polar surface area (TPSA) is 36.4 Å². The molecule has 0 radical (unpaired) electrons. The highest BCUT2D eigenvalue weighted by Crippen LogP contribution is 2.25. The number of thioether (sulfide) groups is 1. The summed E-state index contributed by atoms with van der Waals surface area (Å²) >= 11 is 2.08. The van der Waals surface area contributed by atoms with Crippen molar-refractivity contribution in [3.05, 3.63) is 11.6 Å². The summed E-state index contributed by atoms with van der Waals surface area (Å²) in [7, 11) is 1.85. The molecule has 0 amide bonds. The zero-order valence-corrected chi connectivity index (χ0v) is 14.9. The van der Waals surface area contributed by atoms with Crippen LogP contribution in [0.25, 0.3) is 0 Å². The molecule has 19 heavy (non-hydrogen) atoms. The van der Waals surface area contributed by atoms with Crippen LogP contribution in [-0.4, -0.2) is 37.1 Å². The van der Waals surface area contributed by atoms with Crippen LogP contribution in [0.5, 0.6) is 0 Å². The third kappa shape index (κ3) is 6.38. The Labute approximate surface area is 138 Å². The van der Waals surface area contributed by atoms with Gasteiger partial charge in [-0.25, -0.2) is 0 Å². The van der Waals surface area contributed by atoms with Crippen LogP contribution < -0.4 is 10.6 Å². The molecule has 0 aromatic heterocycles. The second-order valence-corrected chi connectivity index (χ2v) is 6.43. The Morgan fingerprint density at radius 1 is 1.42 bits per heavy atom. The first-order valence-electron chi connectivity index (χ1n) is 7.12. The number of hydrogen-bond donors (Lipinski definition) is 2. The van der Waals surface area contributed by atoms with Gasteiger partial charge in [-0.1, -0.05) is 11.6 Å². The predicted molar refractivity (Wildman–Crippen MR) is 96.8 cm³/mol. The molecule has 0 spiro atoms. The van der Waals surface area contributed by atoms with Gasteiger partial charge in [-0.2, -0.15) is 11.8 Å². The number of guanidine groups is 1. The van der Waals surface area contributed by atoms with Gasteiger partial charge < -0.3 is 10.6 Å². The van der Waals surface area contributed by atoms with Gasteiger partial charge in [0.05, 0.1) is 0 Å². The van der Waals surface area contributed by atoms with Gasteiger partial charge >= 0.3 is 0 Å². The Hall–Kier alpha value is 0.0900. The van der Waals surface area contributed by atoms with Gasteiger partial charge in [-0.15, -0.1) is 24.0 Å². The molecule has 1 aliphatic heterocycles. The van der Waals surface area contributed by atoms with Crippen LogP contribution in [0.15, 0.2) is 16.6 Å². The highest BCUT2D eigenvalue weighted by atomic mass is 127. The largest absolute Gasteiger partial charge is 0.356 e. The van der Waals surface area contributed by atoms with E-state index in [4.69, 9.17) is 0 Å². The van der Waals surface area contributed by atoms with Crippen molar-refractivity contribution >= 4 is 41.7 Å². The van der Waals surface area contributed by atoms with E-state index in [-0.39, 0.29) is 24.0 Å². The molecule has 0 saturated carbocycles. The fourth-order valence-electron chi connectivity index (χ4n) is 2.54. The SMILES string of the molecule is CN=C(NCCC1=CCCC1)NCC1CCCS1.I. The van der Waals surface area contributed by atoms with E-state index in [0.29, 0.717) is 0 Å². The van der Waals surface area contributed by atoms with E-state index in [1.807, 2.05) is 7.05 Å². The van der Waals surface area contributed by atoms with Crippen molar-refractivity contribution in [1.29, 1.82) is 0 Å². The number of nitrogens with zero attached hydrogens (tertiary/aromatic N) is 1. The summed E-state index contributed by atoms with van der Waals surface area (Å²) in [6.45, 7) is 2.05. The van der Waals surface area contributed by atoms with E-state index in [1.165, 1.54) is 44.3 Å². The van der Waals surface area contributed by atoms with Gasteiger partial charge in [-0.3, -0.25) is 4.99 Å². The lowest BCUT2D eigenvalue weighted by Crippen LogP contribution is -2.40. The first-order chi connectivity index (χ1) is 8.88. The minimum absolute atomic E-state index is 0.